The Morgan fingerprint density at radius 1 is 1.47 bits per heavy atom. The maximum Gasteiger partial charge on any atom is 0.334 e. The van der Waals surface area contributed by atoms with Crippen LogP contribution >= 0.6 is 0 Å². The molecule has 1 aliphatic heterocycles. The van der Waals surface area contributed by atoms with Crippen molar-refractivity contribution in [2.75, 3.05) is 33.3 Å². The lowest BCUT2D eigenvalue weighted by Crippen LogP contribution is -2.51. The van der Waals surface area contributed by atoms with Crippen LogP contribution in [-0.4, -0.2) is 72.1 Å². The van der Waals surface area contributed by atoms with Crippen molar-refractivity contribution in [2.45, 2.75) is 13.0 Å². The van der Waals surface area contributed by atoms with E-state index in [1.54, 1.807) is 0 Å². The zero-order valence-corrected chi connectivity index (χ0v) is 9.88. The molecule has 1 heterocycles. The molecule has 0 bridgehead atoms. The van der Waals surface area contributed by atoms with Gasteiger partial charge in [-0.3, -0.25) is 9.59 Å². The average molecular weight is 244 g/mol. The summed E-state index contributed by atoms with van der Waals surface area (Å²) in [7, 11) is 1.52. The highest BCUT2D eigenvalue weighted by molar-refractivity contribution is 5.84. The number of morpholine rings is 1. The highest BCUT2D eigenvalue weighted by Crippen LogP contribution is 2.06. The van der Waals surface area contributed by atoms with E-state index in [0.29, 0.717) is 6.54 Å². The number of rotatable bonds is 3. The Bertz CT molecular complexity index is 331. The summed E-state index contributed by atoms with van der Waals surface area (Å²) in [6, 6.07) is 0. The number of ether oxygens (including phenoxy) is 1. The normalized spacial score (nSPS) is 19.9. The fraction of sp³-hybridized carbons (Fsp3) is 0.700. The Kier molecular flexibility index (Phi) is 4.45. The van der Waals surface area contributed by atoms with Gasteiger partial charge >= 0.3 is 5.97 Å². The number of carbonyl (C=O) groups excluding carboxylic acids is 2. The van der Waals surface area contributed by atoms with Gasteiger partial charge in [0.05, 0.1) is 19.7 Å². The number of carboxylic acids is 1. The molecule has 1 N–H and O–H groups in total. The van der Waals surface area contributed by atoms with E-state index in [-0.39, 0.29) is 31.5 Å². The maximum atomic E-state index is 11.8. The standard InChI is InChI=1S/C10H16N2O5/c1-7(13)11(2)6-9(14)12-3-4-17-8(5-12)10(15)16/h8H,3-6H2,1-2H3,(H,15,16). The van der Waals surface area contributed by atoms with Crippen LogP contribution in [0.2, 0.25) is 0 Å². The molecule has 1 aliphatic rings. The Hall–Kier alpha value is -1.63. The molecule has 1 saturated heterocycles. The van der Waals surface area contributed by atoms with Crippen LogP contribution in [0, 0.1) is 0 Å². The van der Waals surface area contributed by atoms with Gasteiger partial charge < -0.3 is 19.6 Å². The molecule has 1 rings (SSSR count). The van der Waals surface area contributed by atoms with E-state index in [4.69, 9.17) is 9.84 Å². The molecule has 0 aromatic heterocycles. The first-order chi connectivity index (χ1) is 7.91. The van der Waals surface area contributed by atoms with Gasteiger partial charge in [-0.1, -0.05) is 0 Å². The number of nitrogens with zero attached hydrogens (tertiary/aromatic N) is 2. The Balaban J connectivity index is 2.52. The van der Waals surface area contributed by atoms with E-state index < -0.39 is 12.1 Å². The first-order valence-electron chi connectivity index (χ1n) is 5.25. The van der Waals surface area contributed by atoms with E-state index in [1.807, 2.05) is 0 Å². The molecule has 7 heteroatoms. The third-order valence-corrected chi connectivity index (χ3v) is 2.60. The minimum absolute atomic E-state index is 0.0277. The minimum atomic E-state index is -1.08. The SMILES string of the molecule is CC(=O)N(C)CC(=O)N1CCOC(C(=O)O)C1. The lowest BCUT2D eigenvalue weighted by Gasteiger charge is -2.31. The molecule has 7 nitrogen and oxygen atoms in total. The first kappa shape index (κ1) is 13.4. The number of carboxylic acid groups (broad SMARTS) is 1. The van der Waals surface area contributed by atoms with Gasteiger partial charge in [-0.2, -0.15) is 0 Å². The van der Waals surface area contributed by atoms with Crippen molar-refractivity contribution in [2.24, 2.45) is 0 Å². The van der Waals surface area contributed by atoms with Crippen LogP contribution in [0.1, 0.15) is 6.92 Å². The van der Waals surface area contributed by atoms with Gasteiger partial charge in [0.25, 0.3) is 0 Å². The van der Waals surface area contributed by atoms with E-state index in [1.165, 1.54) is 23.8 Å². The second-order valence-corrected chi connectivity index (χ2v) is 3.91. The Labute approximate surface area is 98.9 Å². The van der Waals surface area contributed by atoms with Crippen molar-refractivity contribution >= 4 is 17.8 Å². The highest BCUT2D eigenvalue weighted by atomic mass is 16.5. The van der Waals surface area contributed by atoms with Crippen molar-refractivity contribution in [3.05, 3.63) is 0 Å². The van der Waals surface area contributed by atoms with Crippen LogP contribution in [0.25, 0.3) is 0 Å². The average Bonchev–Trinajstić information content (AvgIpc) is 2.28. The Morgan fingerprint density at radius 2 is 2.12 bits per heavy atom. The smallest absolute Gasteiger partial charge is 0.334 e. The summed E-state index contributed by atoms with van der Waals surface area (Å²) in [5, 5.41) is 8.78. The van der Waals surface area contributed by atoms with Gasteiger partial charge in [-0.05, 0) is 0 Å². The predicted octanol–water partition coefficient (Wildman–Crippen LogP) is -1.22. The van der Waals surface area contributed by atoms with Crippen LogP contribution in [0.5, 0.6) is 0 Å². The summed E-state index contributed by atoms with van der Waals surface area (Å²) in [5.41, 5.74) is 0. The zero-order valence-electron chi connectivity index (χ0n) is 9.88. The van der Waals surface area contributed by atoms with Crippen molar-refractivity contribution in [3.63, 3.8) is 0 Å². The molecule has 0 radical (unpaired) electrons. The number of aliphatic carboxylic acids is 1. The number of hydrogen-bond acceptors (Lipinski definition) is 4. The summed E-state index contributed by atoms with van der Waals surface area (Å²) < 4.78 is 5.00. The highest BCUT2D eigenvalue weighted by Gasteiger charge is 2.29. The van der Waals surface area contributed by atoms with E-state index in [0.717, 1.165) is 0 Å². The molecule has 1 unspecified atom stereocenters. The second-order valence-electron chi connectivity index (χ2n) is 3.91. The van der Waals surface area contributed by atoms with Crippen molar-refractivity contribution in [3.8, 4) is 0 Å². The summed E-state index contributed by atoms with van der Waals surface area (Å²) >= 11 is 0. The van der Waals surface area contributed by atoms with Crippen molar-refractivity contribution < 1.29 is 24.2 Å². The van der Waals surface area contributed by atoms with Crippen LogP contribution in [-0.2, 0) is 19.1 Å². The molecule has 1 fully saturated rings. The van der Waals surface area contributed by atoms with E-state index in [2.05, 4.69) is 0 Å². The summed E-state index contributed by atoms with van der Waals surface area (Å²) in [4.78, 5) is 36.2. The molecule has 0 saturated carbocycles. The third kappa shape index (κ3) is 3.70. The largest absolute Gasteiger partial charge is 0.479 e. The fourth-order valence-corrected chi connectivity index (χ4v) is 1.44. The van der Waals surface area contributed by atoms with Crippen LogP contribution in [0.3, 0.4) is 0 Å². The van der Waals surface area contributed by atoms with Crippen molar-refractivity contribution in [1.82, 2.24) is 9.80 Å². The fourth-order valence-electron chi connectivity index (χ4n) is 1.44. The number of likely N-dealkylation sites (N-methyl/N-ethyl adjacent to an activating group) is 1. The molecule has 96 valence electrons. The molecule has 0 aliphatic carbocycles. The molecule has 2 amide bonds. The summed E-state index contributed by atoms with van der Waals surface area (Å²) in [6.45, 7) is 1.91. The predicted molar refractivity (Wildman–Crippen MR) is 57.3 cm³/mol. The monoisotopic (exact) mass is 244 g/mol. The summed E-state index contributed by atoms with van der Waals surface area (Å²) in [5.74, 6) is -1.55. The first-order valence-corrected chi connectivity index (χ1v) is 5.25. The second kappa shape index (κ2) is 5.62. The lowest BCUT2D eigenvalue weighted by molar-refractivity contribution is -0.160. The van der Waals surface area contributed by atoms with Gasteiger partial charge in [0.1, 0.15) is 0 Å². The molecular weight excluding hydrogens is 228 g/mol. The molecule has 17 heavy (non-hydrogen) atoms. The van der Waals surface area contributed by atoms with Crippen LogP contribution < -0.4 is 0 Å². The summed E-state index contributed by atoms with van der Waals surface area (Å²) in [6.07, 6.45) is -0.977. The van der Waals surface area contributed by atoms with Crippen LogP contribution in [0.15, 0.2) is 0 Å². The maximum absolute atomic E-state index is 11.8. The zero-order chi connectivity index (χ0) is 13.0. The molecule has 0 aromatic rings. The minimum Gasteiger partial charge on any atom is -0.479 e. The number of hydrogen-bond donors (Lipinski definition) is 1. The lowest BCUT2D eigenvalue weighted by atomic mass is 10.2. The van der Waals surface area contributed by atoms with Gasteiger partial charge in [0, 0.05) is 20.5 Å². The van der Waals surface area contributed by atoms with Gasteiger partial charge in [0.15, 0.2) is 6.10 Å². The van der Waals surface area contributed by atoms with Crippen LogP contribution in [0.4, 0.5) is 0 Å². The van der Waals surface area contributed by atoms with E-state index >= 15 is 0 Å². The molecular formula is C10H16N2O5. The van der Waals surface area contributed by atoms with Crippen molar-refractivity contribution in [1.29, 1.82) is 0 Å². The third-order valence-electron chi connectivity index (χ3n) is 2.60. The number of amides is 2. The van der Waals surface area contributed by atoms with Gasteiger partial charge in [-0.25, -0.2) is 4.79 Å². The van der Waals surface area contributed by atoms with E-state index in [9.17, 15) is 14.4 Å². The van der Waals surface area contributed by atoms with Gasteiger partial charge in [0.2, 0.25) is 11.8 Å². The van der Waals surface area contributed by atoms with Gasteiger partial charge in [-0.15, -0.1) is 0 Å². The molecule has 0 spiro atoms. The molecule has 1 atom stereocenters. The molecule has 0 aromatic carbocycles. The topological polar surface area (TPSA) is 87.2 Å². The quantitative estimate of drug-likeness (QED) is 0.672. The number of carbonyl (C=O) groups is 3. The Morgan fingerprint density at radius 3 is 2.65 bits per heavy atom.